The van der Waals surface area contributed by atoms with E-state index in [-0.39, 0.29) is 5.91 Å². The Hall–Kier alpha value is -3.74. The minimum Gasteiger partial charge on any atom is -0.467 e. The summed E-state index contributed by atoms with van der Waals surface area (Å²) in [6.45, 7) is 4.75. The van der Waals surface area contributed by atoms with Crippen LogP contribution in [-0.4, -0.2) is 49.1 Å². The number of nitrogens with zero attached hydrogens (tertiary/aromatic N) is 2. The molecule has 32 heavy (non-hydrogen) atoms. The number of amides is 1. The zero-order valence-corrected chi connectivity index (χ0v) is 18.1. The summed E-state index contributed by atoms with van der Waals surface area (Å²) in [5.74, 6) is 0.0507. The second-order valence-electron chi connectivity index (χ2n) is 7.67. The van der Waals surface area contributed by atoms with Crippen molar-refractivity contribution in [3.63, 3.8) is 0 Å². The van der Waals surface area contributed by atoms with Gasteiger partial charge in [0.05, 0.1) is 18.4 Å². The molecule has 1 aromatic heterocycles. The molecule has 2 heterocycles. The number of piperazine rings is 1. The average molecular weight is 434 g/mol. The van der Waals surface area contributed by atoms with Crippen LogP contribution in [0.3, 0.4) is 0 Å². The molecule has 0 radical (unpaired) electrons. The van der Waals surface area contributed by atoms with Gasteiger partial charge in [-0.05, 0) is 43.3 Å². The number of nitrogens with one attached hydrogen (secondary N) is 1. The third-order valence-electron chi connectivity index (χ3n) is 5.52. The molecular formula is C25H27N3O4. The van der Waals surface area contributed by atoms with Crippen LogP contribution in [0, 0.1) is 0 Å². The Morgan fingerprint density at radius 1 is 0.969 bits per heavy atom. The number of carbonyl (C=O) groups excluding carboxylic acids is 2. The zero-order valence-electron chi connectivity index (χ0n) is 18.1. The van der Waals surface area contributed by atoms with Crippen molar-refractivity contribution >= 4 is 23.3 Å². The molecule has 1 aliphatic heterocycles. The normalized spacial score (nSPS) is 14.7. The third kappa shape index (κ3) is 5.11. The Labute approximate surface area is 187 Å². The second-order valence-corrected chi connectivity index (χ2v) is 7.67. The molecule has 1 atom stereocenters. The highest BCUT2D eigenvalue weighted by Crippen LogP contribution is 2.20. The molecule has 0 aliphatic carbocycles. The Bertz CT molecular complexity index is 1030. The number of anilines is 2. The van der Waals surface area contributed by atoms with Crippen LogP contribution in [0.1, 0.15) is 23.0 Å². The standard InChI is InChI=1S/C25H27N3O4/c1-19(24(29)28-15-13-27(14-16-28)20-8-3-2-4-9-20)32-25(30)22-11-5-6-12-23(22)26-18-21-10-7-17-31-21/h2-12,17,19,26H,13-16,18H2,1H3/t19-/m1/s1. The molecule has 2 aromatic carbocycles. The fraction of sp³-hybridized carbons (Fsp3) is 0.280. The first-order chi connectivity index (χ1) is 15.6. The topological polar surface area (TPSA) is 75.0 Å². The largest absolute Gasteiger partial charge is 0.467 e. The smallest absolute Gasteiger partial charge is 0.341 e. The minimum atomic E-state index is -0.857. The molecule has 1 saturated heterocycles. The van der Waals surface area contributed by atoms with Gasteiger partial charge in [-0.25, -0.2) is 4.79 Å². The van der Waals surface area contributed by atoms with E-state index < -0.39 is 12.1 Å². The van der Waals surface area contributed by atoms with Crippen LogP contribution >= 0.6 is 0 Å². The Kier molecular flexibility index (Phi) is 6.75. The van der Waals surface area contributed by atoms with E-state index in [0.717, 1.165) is 24.5 Å². The van der Waals surface area contributed by atoms with Crippen molar-refractivity contribution < 1.29 is 18.7 Å². The Morgan fingerprint density at radius 3 is 2.41 bits per heavy atom. The lowest BCUT2D eigenvalue weighted by molar-refractivity contribution is -0.140. The molecule has 3 aromatic rings. The van der Waals surface area contributed by atoms with E-state index in [1.54, 1.807) is 36.3 Å². The number of benzene rings is 2. The van der Waals surface area contributed by atoms with E-state index in [1.807, 2.05) is 36.4 Å². The van der Waals surface area contributed by atoms with Gasteiger partial charge >= 0.3 is 5.97 Å². The summed E-state index contributed by atoms with van der Waals surface area (Å²) < 4.78 is 10.9. The van der Waals surface area contributed by atoms with E-state index in [2.05, 4.69) is 22.3 Å². The molecule has 1 fully saturated rings. The van der Waals surface area contributed by atoms with Gasteiger partial charge in [-0.2, -0.15) is 0 Å². The first-order valence-electron chi connectivity index (χ1n) is 10.8. The number of hydrogen-bond acceptors (Lipinski definition) is 6. The SMILES string of the molecule is C[C@@H](OC(=O)c1ccccc1NCc1ccco1)C(=O)N1CCN(c2ccccc2)CC1. The fourth-order valence-electron chi connectivity index (χ4n) is 3.77. The molecular weight excluding hydrogens is 406 g/mol. The van der Waals surface area contributed by atoms with Crippen molar-refractivity contribution in [3.05, 3.63) is 84.3 Å². The Morgan fingerprint density at radius 2 is 1.69 bits per heavy atom. The highest BCUT2D eigenvalue weighted by atomic mass is 16.5. The lowest BCUT2D eigenvalue weighted by Gasteiger charge is -2.37. The number of ether oxygens (including phenoxy) is 1. The maximum Gasteiger partial charge on any atom is 0.341 e. The predicted molar refractivity (Wildman–Crippen MR) is 123 cm³/mol. The maximum atomic E-state index is 12.9. The van der Waals surface area contributed by atoms with E-state index in [1.165, 1.54) is 0 Å². The highest BCUT2D eigenvalue weighted by molar-refractivity contribution is 5.97. The predicted octanol–water partition coefficient (Wildman–Crippen LogP) is 3.79. The van der Waals surface area contributed by atoms with Gasteiger partial charge in [-0.3, -0.25) is 4.79 Å². The molecule has 1 amide bonds. The minimum absolute atomic E-state index is 0.174. The first-order valence-corrected chi connectivity index (χ1v) is 10.8. The maximum absolute atomic E-state index is 12.9. The monoisotopic (exact) mass is 433 g/mol. The van der Waals surface area contributed by atoms with Gasteiger partial charge in [-0.15, -0.1) is 0 Å². The first kappa shape index (κ1) is 21.5. The van der Waals surface area contributed by atoms with Crippen molar-refractivity contribution in [1.29, 1.82) is 0 Å². The van der Waals surface area contributed by atoms with Crippen LogP contribution in [0.2, 0.25) is 0 Å². The molecule has 0 bridgehead atoms. The summed E-state index contributed by atoms with van der Waals surface area (Å²) in [4.78, 5) is 29.7. The van der Waals surface area contributed by atoms with Crippen molar-refractivity contribution in [2.75, 3.05) is 36.4 Å². The molecule has 7 nitrogen and oxygen atoms in total. The number of furan rings is 1. The van der Waals surface area contributed by atoms with Crippen molar-refractivity contribution in [1.82, 2.24) is 4.90 Å². The number of rotatable bonds is 7. The van der Waals surface area contributed by atoms with Crippen molar-refractivity contribution in [3.8, 4) is 0 Å². The van der Waals surface area contributed by atoms with Crippen molar-refractivity contribution in [2.24, 2.45) is 0 Å². The summed E-state index contributed by atoms with van der Waals surface area (Å²) in [7, 11) is 0. The molecule has 166 valence electrons. The molecule has 4 rings (SSSR count). The average Bonchev–Trinajstić information content (AvgIpc) is 3.37. The quantitative estimate of drug-likeness (QED) is 0.572. The van der Waals surface area contributed by atoms with Crippen LogP contribution < -0.4 is 10.2 Å². The molecule has 1 aliphatic rings. The van der Waals surface area contributed by atoms with E-state index in [4.69, 9.17) is 9.15 Å². The van der Waals surface area contributed by atoms with E-state index in [9.17, 15) is 9.59 Å². The summed E-state index contributed by atoms with van der Waals surface area (Å²) in [6, 6.07) is 20.9. The lowest BCUT2D eigenvalue weighted by Crippen LogP contribution is -2.51. The molecule has 7 heteroatoms. The molecule has 1 N–H and O–H groups in total. The lowest BCUT2D eigenvalue weighted by atomic mass is 10.1. The van der Waals surface area contributed by atoms with Crippen LogP contribution in [0.4, 0.5) is 11.4 Å². The number of carbonyl (C=O) groups is 2. The Balaban J connectivity index is 1.32. The van der Waals surface area contributed by atoms with Gasteiger partial charge in [0.1, 0.15) is 5.76 Å². The van der Waals surface area contributed by atoms with Gasteiger partial charge in [0.2, 0.25) is 0 Å². The zero-order chi connectivity index (χ0) is 22.3. The summed E-state index contributed by atoms with van der Waals surface area (Å²) in [5.41, 5.74) is 2.16. The van der Waals surface area contributed by atoms with Gasteiger partial charge in [0, 0.05) is 37.6 Å². The van der Waals surface area contributed by atoms with Crippen LogP contribution in [0.25, 0.3) is 0 Å². The van der Waals surface area contributed by atoms with Gasteiger partial charge in [0.15, 0.2) is 6.10 Å². The second kappa shape index (κ2) is 10.0. The molecule has 0 unspecified atom stereocenters. The van der Waals surface area contributed by atoms with Gasteiger partial charge in [-0.1, -0.05) is 30.3 Å². The number of para-hydroxylation sites is 2. The van der Waals surface area contributed by atoms with Gasteiger partial charge < -0.3 is 24.3 Å². The molecule has 0 spiro atoms. The van der Waals surface area contributed by atoms with Crippen LogP contribution in [0.5, 0.6) is 0 Å². The summed E-state index contributed by atoms with van der Waals surface area (Å²) in [5, 5.41) is 3.19. The fourth-order valence-corrected chi connectivity index (χ4v) is 3.77. The van der Waals surface area contributed by atoms with Crippen molar-refractivity contribution in [2.45, 2.75) is 19.6 Å². The summed E-state index contributed by atoms with van der Waals surface area (Å²) >= 11 is 0. The van der Waals surface area contributed by atoms with E-state index in [0.29, 0.717) is 30.9 Å². The van der Waals surface area contributed by atoms with Crippen LogP contribution in [0.15, 0.2) is 77.4 Å². The molecule has 0 saturated carbocycles. The highest BCUT2D eigenvalue weighted by Gasteiger charge is 2.28. The van der Waals surface area contributed by atoms with E-state index >= 15 is 0 Å². The van der Waals surface area contributed by atoms with Gasteiger partial charge in [0.25, 0.3) is 5.91 Å². The summed E-state index contributed by atoms with van der Waals surface area (Å²) in [6.07, 6.45) is 0.744. The number of esters is 1. The number of hydrogen-bond donors (Lipinski definition) is 1. The third-order valence-corrected chi connectivity index (χ3v) is 5.52. The van der Waals surface area contributed by atoms with Crippen LogP contribution in [-0.2, 0) is 16.1 Å².